The van der Waals surface area contributed by atoms with E-state index in [0.29, 0.717) is 10.2 Å². The third-order valence-corrected chi connectivity index (χ3v) is 8.68. The number of hydrogen-bond donors (Lipinski definition) is 0. The van der Waals surface area contributed by atoms with E-state index < -0.39 is 9.84 Å². The largest absolute Gasteiger partial charge is 0.497 e. The number of carbonyl (C=O) groups excluding carboxylic acids is 1. The number of halogens is 1. The van der Waals surface area contributed by atoms with E-state index in [4.69, 9.17) is 16.3 Å². The minimum absolute atomic E-state index is 0.0440. The quantitative estimate of drug-likeness (QED) is 0.689. The molecule has 158 valence electrons. The zero-order valence-corrected chi connectivity index (χ0v) is 18.9. The molecular weight excluding hydrogens is 444 g/mol. The lowest BCUT2D eigenvalue weighted by Gasteiger charge is -2.26. The van der Waals surface area contributed by atoms with Crippen LogP contribution in [0.5, 0.6) is 5.75 Å². The molecule has 2 saturated heterocycles. The molecule has 0 radical (unpaired) electrons. The number of carbonyl (C=O) groups is 1. The molecule has 9 heteroatoms. The van der Waals surface area contributed by atoms with Crippen LogP contribution in [0, 0.1) is 6.92 Å². The number of amidine groups is 1. The standard InChI is InChI=1S/C21H21ClN2O4S2/c1-13-3-6-15(22)10-17(13)24-18-11-30(26,27)12-19(18)29-21(24)23-20(25)9-14-4-7-16(28-2)8-5-14/h3-8,10,18-19H,9,11-12H2,1-2H3. The van der Waals surface area contributed by atoms with E-state index in [1.807, 2.05) is 30.0 Å². The topological polar surface area (TPSA) is 76.0 Å². The molecule has 2 aliphatic rings. The summed E-state index contributed by atoms with van der Waals surface area (Å²) < 4.78 is 29.6. The first-order valence-electron chi connectivity index (χ1n) is 9.42. The predicted octanol–water partition coefficient (Wildman–Crippen LogP) is 3.50. The van der Waals surface area contributed by atoms with E-state index in [-0.39, 0.29) is 35.1 Å². The number of amides is 1. The molecule has 2 aliphatic heterocycles. The van der Waals surface area contributed by atoms with Crippen molar-refractivity contribution < 1.29 is 17.9 Å². The summed E-state index contributed by atoms with van der Waals surface area (Å²) in [6, 6.07) is 12.5. The second-order valence-corrected chi connectivity index (χ2v) is 11.2. The lowest BCUT2D eigenvalue weighted by Crippen LogP contribution is -2.38. The van der Waals surface area contributed by atoms with E-state index >= 15 is 0 Å². The molecule has 0 aromatic heterocycles. The number of ether oxygens (including phenoxy) is 1. The van der Waals surface area contributed by atoms with Crippen molar-refractivity contribution in [1.29, 1.82) is 0 Å². The third-order valence-electron chi connectivity index (χ3n) is 5.23. The van der Waals surface area contributed by atoms with Crippen LogP contribution in [0.15, 0.2) is 47.5 Å². The molecule has 2 atom stereocenters. The Morgan fingerprint density at radius 2 is 1.97 bits per heavy atom. The van der Waals surface area contributed by atoms with Crippen molar-refractivity contribution >= 4 is 50.0 Å². The van der Waals surface area contributed by atoms with Gasteiger partial charge in [0.2, 0.25) is 0 Å². The molecule has 0 aliphatic carbocycles. The molecule has 4 rings (SSSR count). The maximum Gasteiger partial charge on any atom is 0.252 e. The van der Waals surface area contributed by atoms with Gasteiger partial charge in [0.05, 0.1) is 31.1 Å². The van der Waals surface area contributed by atoms with E-state index in [9.17, 15) is 13.2 Å². The molecule has 30 heavy (non-hydrogen) atoms. The first kappa shape index (κ1) is 21.2. The summed E-state index contributed by atoms with van der Waals surface area (Å²) in [4.78, 5) is 18.9. The van der Waals surface area contributed by atoms with Gasteiger partial charge >= 0.3 is 0 Å². The summed E-state index contributed by atoms with van der Waals surface area (Å²) in [5, 5.41) is 0.929. The Morgan fingerprint density at radius 3 is 2.67 bits per heavy atom. The van der Waals surface area contributed by atoms with Crippen molar-refractivity contribution in [1.82, 2.24) is 0 Å². The second-order valence-electron chi connectivity index (χ2n) is 7.41. The highest BCUT2D eigenvalue weighted by Gasteiger charge is 2.49. The lowest BCUT2D eigenvalue weighted by atomic mass is 10.1. The fourth-order valence-electron chi connectivity index (χ4n) is 3.75. The van der Waals surface area contributed by atoms with Crippen LogP contribution in [-0.2, 0) is 21.1 Å². The van der Waals surface area contributed by atoms with Crippen LogP contribution in [-0.4, -0.2) is 49.4 Å². The van der Waals surface area contributed by atoms with Gasteiger partial charge in [0.25, 0.3) is 5.91 Å². The van der Waals surface area contributed by atoms with Crippen molar-refractivity contribution in [2.75, 3.05) is 23.5 Å². The zero-order chi connectivity index (χ0) is 21.5. The highest BCUT2D eigenvalue weighted by molar-refractivity contribution is 8.16. The highest BCUT2D eigenvalue weighted by Crippen LogP contribution is 2.42. The Labute approximate surface area is 185 Å². The summed E-state index contributed by atoms with van der Waals surface area (Å²) >= 11 is 7.57. The predicted molar refractivity (Wildman–Crippen MR) is 122 cm³/mol. The van der Waals surface area contributed by atoms with Gasteiger partial charge in [0.1, 0.15) is 5.75 Å². The highest BCUT2D eigenvalue weighted by atomic mass is 35.5. The molecule has 0 N–H and O–H groups in total. The number of fused-ring (bicyclic) bond motifs is 1. The molecule has 0 saturated carbocycles. The van der Waals surface area contributed by atoms with E-state index in [2.05, 4.69) is 4.99 Å². The molecule has 2 unspecified atom stereocenters. The van der Waals surface area contributed by atoms with Gasteiger partial charge in [-0.2, -0.15) is 4.99 Å². The van der Waals surface area contributed by atoms with Crippen molar-refractivity contribution in [3.63, 3.8) is 0 Å². The average Bonchev–Trinajstić information content (AvgIpc) is 3.15. The van der Waals surface area contributed by atoms with Crippen LogP contribution in [0.3, 0.4) is 0 Å². The number of nitrogens with zero attached hydrogens (tertiary/aromatic N) is 2. The van der Waals surface area contributed by atoms with Crippen molar-refractivity contribution in [2.45, 2.75) is 24.6 Å². The average molecular weight is 465 g/mol. The van der Waals surface area contributed by atoms with Gasteiger partial charge in [-0.3, -0.25) is 4.79 Å². The summed E-state index contributed by atoms with van der Waals surface area (Å²) in [6.45, 7) is 1.93. The number of thioether (sulfide) groups is 1. The van der Waals surface area contributed by atoms with Crippen molar-refractivity contribution in [2.24, 2.45) is 4.99 Å². The van der Waals surface area contributed by atoms with Gasteiger partial charge in [-0.15, -0.1) is 0 Å². The number of aryl methyl sites for hydroxylation is 1. The summed E-state index contributed by atoms with van der Waals surface area (Å²) in [5.74, 6) is 0.572. The smallest absolute Gasteiger partial charge is 0.252 e. The summed E-state index contributed by atoms with van der Waals surface area (Å²) in [6.07, 6.45) is 0.157. The van der Waals surface area contributed by atoms with Gasteiger partial charge < -0.3 is 9.64 Å². The number of rotatable bonds is 4. The summed E-state index contributed by atoms with van der Waals surface area (Å²) in [5.41, 5.74) is 2.57. The Morgan fingerprint density at radius 1 is 1.23 bits per heavy atom. The molecule has 0 spiro atoms. The zero-order valence-electron chi connectivity index (χ0n) is 16.5. The van der Waals surface area contributed by atoms with Crippen LogP contribution in [0.25, 0.3) is 0 Å². The first-order valence-corrected chi connectivity index (χ1v) is 12.5. The SMILES string of the molecule is COc1ccc(CC(=O)N=C2SC3CS(=O)(=O)CC3N2c2cc(Cl)ccc2C)cc1. The first-order chi connectivity index (χ1) is 14.3. The maximum atomic E-state index is 12.7. The monoisotopic (exact) mass is 464 g/mol. The minimum atomic E-state index is -3.12. The van der Waals surface area contributed by atoms with Crippen LogP contribution >= 0.6 is 23.4 Å². The molecule has 2 aromatic rings. The van der Waals surface area contributed by atoms with Gasteiger partial charge in [0.15, 0.2) is 15.0 Å². The van der Waals surface area contributed by atoms with Gasteiger partial charge in [-0.05, 0) is 42.3 Å². The number of aliphatic imine (C=N–C) groups is 1. The molecule has 2 aromatic carbocycles. The molecule has 6 nitrogen and oxygen atoms in total. The number of sulfone groups is 1. The Balaban J connectivity index is 1.64. The Hall–Kier alpha value is -2.03. The maximum absolute atomic E-state index is 12.7. The fraction of sp³-hybridized carbons (Fsp3) is 0.333. The fourth-order valence-corrected chi connectivity index (χ4v) is 7.84. The normalized spacial score (nSPS) is 23.6. The molecular formula is C21H21ClN2O4S2. The van der Waals surface area contributed by atoms with E-state index in [0.717, 1.165) is 22.6 Å². The van der Waals surface area contributed by atoms with Crippen LogP contribution in [0.4, 0.5) is 5.69 Å². The number of hydrogen-bond acceptors (Lipinski definition) is 5. The number of anilines is 1. The number of benzene rings is 2. The molecule has 2 heterocycles. The molecule has 1 amide bonds. The Bertz CT molecular complexity index is 1120. The Kier molecular flexibility index (Phi) is 5.83. The van der Waals surface area contributed by atoms with Gasteiger partial charge in [-0.25, -0.2) is 8.42 Å². The van der Waals surface area contributed by atoms with E-state index in [1.54, 1.807) is 31.4 Å². The van der Waals surface area contributed by atoms with Crippen LogP contribution in [0.2, 0.25) is 5.02 Å². The van der Waals surface area contributed by atoms with Gasteiger partial charge in [0, 0.05) is 16.0 Å². The third kappa shape index (κ3) is 4.36. The van der Waals surface area contributed by atoms with E-state index in [1.165, 1.54) is 11.8 Å². The minimum Gasteiger partial charge on any atom is -0.497 e. The number of methoxy groups -OCH3 is 1. The molecule has 0 bridgehead atoms. The van der Waals surface area contributed by atoms with Crippen molar-refractivity contribution in [3.05, 3.63) is 58.6 Å². The van der Waals surface area contributed by atoms with Gasteiger partial charge in [-0.1, -0.05) is 41.6 Å². The summed E-state index contributed by atoms with van der Waals surface area (Å²) in [7, 11) is -1.53. The second kappa shape index (κ2) is 8.24. The molecule has 2 fully saturated rings. The lowest BCUT2D eigenvalue weighted by molar-refractivity contribution is -0.117. The van der Waals surface area contributed by atoms with Crippen LogP contribution in [0.1, 0.15) is 11.1 Å². The van der Waals surface area contributed by atoms with Crippen molar-refractivity contribution in [3.8, 4) is 5.75 Å². The van der Waals surface area contributed by atoms with Crippen LogP contribution < -0.4 is 9.64 Å².